The molecule has 1 amide bonds. The summed E-state index contributed by atoms with van der Waals surface area (Å²) in [6, 6.07) is 18.3. The maximum atomic E-state index is 12.7. The van der Waals surface area contributed by atoms with Crippen LogP contribution < -0.4 is 5.32 Å². The van der Waals surface area contributed by atoms with Crippen molar-refractivity contribution in [2.75, 3.05) is 0 Å². The topological polar surface area (TPSA) is 46.9 Å². The number of carbonyl (C=O) groups excluding carboxylic acids is 1. The van der Waals surface area contributed by atoms with Crippen molar-refractivity contribution in [1.29, 1.82) is 0 Å². The summed E-state index contributed by atoms with van der Waals surface area (Å²) in [4.78, 5) is 17.2. The summed E-state index contributed by atoms with van der Waals surface area (Å²) >= 11 is 0. The molecule has 1 saturated carbocycles. The van der Waals surface area contributed by atoms with E-state index < -0.39 is 0 Å². The van der Waals surface area contributed by atoms with Crippen LogP contribution in [-0.2, 0) is 11.3 Å². The predicted molar refractivity (Wildman–Crippen MR) is 94.5 cm³/mol. The van der Waals surface area contributed by atoms with Gasteiger partial charge >= 0.3 is 0 Å². The van der Waals surface area contributed by atoms with E-state index in [1.165, 1.54) is 18.4 Å². The summed E-state index contributed by atoms with van der Waals surface area (Å²) in [6.07, 6.45) is 2.37. The zero-order valence-corrected chi connectivity index (χ0v) is 13.8. The Balaban J connectivity index is 1.54. The molecule has 0 bridgehead atoms. The van der Waals surface area contributed by atoms with Gasteiger partial charge in [-0.2, -0.15) is 0 Å². The summed E-state index contributed by atoms with van der Waals surface area (Å²) in [6.45, 7) is 2.26. The molecule has 1 atom stereocenters. The third-order valence-electron chi connectivity index (χ3n) is 4.72. The summed E-state index contributed by atoms with van der Waals surface area (Å²) in [5.41, 5.74) is 3.14. The molecule has 0 radical (unpaired) electrons. The number of rotatable bonds is 5. The minimum atomic E-state index is 0.0435. The first-order valence-corrected chi connectivity index (χ1v) is 8.48. The van der Waals surface area contributed by atoms with Gasteiger partial charge in [0.15, 0.2) is 0 Å². The molecule has 1 aliphatic rings. The molecule has 0 saturated heterocycles. The molecular weight excluding hydrogens is 298 g/mol. The Hall–Kier alpha value is -2.62. The number of benzene rings is 2. The van der Waals surface area contributed by atoms with Crippen molar-refractivity contribution < 1.29 is 4.79 Å². The summed E-state index contributed by atoms with van der Waals surface area (Å²) in [7, 11) is 0. The lowest BCUT2D eigenvalue weighted by atomic mass is 10.0. The van der Waals surface area contributed by atoms with Gasteiger partial charge in [0.05, 0.1) is 17.1 Å². The molecule has 2 aromatic carbocycles. The Kier molecular flexibility index (Phi) is 3.81. The third-order valence-corrected chi connectivity index (χ3v) is 4.72. The van der Waals surface area contributed by atoms with Gasteiger partial charge in [-0.25, -0.2) is 4.98 Å². The number of amides is 1. The lowest BCUT2D eigenvalue weighted by Gasteiger charge is -2.19. The highest BCUT2D eigenvalue weighted by molar-refractivity contribution is 5.81. The molecule has 0 unspecified atom stereocenters. The first-order valence-electron chi connectivity index (χ1n) is 8.48. The molecule has 1 fully saturated rings. The molecule has 1 aliphatic carbocycles. The standard InChI is InChI=1S/C20H21N3O/c1-14-21-17-9-5-6-10-18(17)23(14)13-19(24)22-20(16-11-12-16)15-7-3-2-4-8-15/h2-10,16,20H,11-13H2,1H3,(H,22,24)/t20-/m0/s1. The first kappa shape index (κ1) is 14.9. The van der Waals surface area contributed by atoms with Crippen LogP contribution in [0.15, 0.2) is 54.6 Å². The number of imidazole rings is 1. The van der Waals surface area contributed by atoms with Crippen LogP contribution in [0.4, 0.5) is 0 Å². The van der Waals surface area contributed by atoms with Crippen molar-refractivity contribution in [3.8, 4) is 0 Å². The highest BCUT2D eigenvalue weighted by Crippen LogP contribution is 2.40. The van der Waals surface area contributed by atoms with Crippen molar-refractivity contribution in [2.24, 2.45) is 5.92 Å². The summed E-state index contributed by atoms with van der Waals surface area (Å²) in [5.74, 6) is 1.48. The second-order valence-corrected chi connectivity index (χ2v) is 6.53. The average molecular weight is 319 g/mol. The fraction of sp³-hybridized carbons (Fsp3) is 0.300. The Morgan fingerprint density at radius 1 is 1.17 bits per heavy atom. The molecule has 122 valence electrons. The lowest BCUT2D eigenvalue weighted by molar-refractivity contribution is -0.122. The van der Waals surface area contributed by atoms with Crippen LogP contribution in [0, 0.1) is 12.8 Å². The van der Waals surface area contributed by atoms with Gasteiger partial charge in [-0.1, -0.05) is 42.5 Å². The Bertz CT molecular complexity index is 865. The van der Waals surface area contributed by atoms with Gasteiger partial charge in [0.1, 0.15) is 12.4 Å². The van der Waals surface area contributed by atoms with Crippen LogP contribution in [0.3, 0.4) is 0 Å². The van der Waals surface area contributed by atoms with Gasteiger partial charge in [-0.3, -0.25) is 4.79 Å². The molecular formula is C20H21N3O. The molecule has 1 aromatic heterocycles. The van der Waals surface area contributed by atoms with Crippen LogP contribution in [-0.4, -0.2) is 15.5 Å². The quantitative estimate of drug-likeness (QED) is 0.781. The summed E-state index contributed by atoms with van der Waals surface area (Å²) in [5, 5.41) is 3.24. The average Bonchev–Trinajstić information content (AvgIpc) is 3.39. The van der Waals surface area contributed by atoms with Crippen molar-refractivity contribution in [3.05, 3.63) is 66.0 Å². The van der Waals surface area contributed by atoms with E-state index in [1.54, 1.807) is 0 Å². The van der Waals surface area contributed by atoms with Crippen LogP contribution in [0.5, 0.6) is 0 Å². The molecule has 3 aromatic rings. The predicted octanol–water partition coefficient (Wildman–Crippen LogP) is 3.61. The number of hydrogen-bond acceptors (Lipinski definition) is 2. The third kappa shape index (κ3) is 2.92. The molecule has 0 aliphatic heterocycles. The number of para-hydroxylation sites is 2. The largest absolute Gasteiger partial charge is 0.347 e. The number of nitrogens with zero attached hydrogens (tertiary/aromatic N) is 2. The van der Waals surface area contributed by atoms with Gasteiger partial charge in [-0.15, -0.1) is 0 Å². The van der Waals surface area contributed by atoms with E-state index >= 15 is 0 Å². The van der Waals surface area contributed by atoms with Gasteiger partial charge in [0.2, 0.25) is 5.91 Å². The van der Waals surface area contributed by atoms with E-state index in [0.29, 0.717) is 12.5 Å². The SMILES string of the molecule is Cc1nc2ccccc2n1CC(=O)N[C@@H](c1ccccc1)C1CC1. The van der Waals surface area contributed by atoms with Gasteiger partial charge in [0.25, 0.3) is 0 Å². The summed E-state index contributed by atoms with van der Waals surface area (Å²) < 4.78 is 1.99. The van der Waals surface area contributed by atoms with Crippen molar-refractivity contribution >= 4 is 16.9 Å². The number of hydrogen-bond donors (Lipinski definition) is 1. The van der Waals surface area contributed by atoms with E-state index in [-0.39, 0.29) is 11.9 Å². The van der Waals surface area contributed by atoms with Gasteiger partial charge in [0, 0.05) is 0 Å². The normalized spacial score (nSPS) is 15.4. The fourth-order valence-corrected chi connectivity index (χ4v) is 3.32. The molecule has 1 heterocycles. The smallest absolute Gasteiger partial charge is 0.240 e. The zero-order chi connectivity index (χ0) is 16.5. The number of aryl methyl sites for hydroxylation is 1. The van der Waals surface area contributed by atoms with Gasteiger partial charge < -0.3 is 9.88 Å². The maximum absolute atomic E-state index is 12.7. The van der Waals surface area contributed by atoms with Crippen LogP contribution in [0.1, 0.15) is 30.3 Å². The molecule has 0 spiro atoms. The Morgan fingerprint density at radius 2 is 1.88 bits per heavy atom. The van der Waals surface area contributed by atoms with E-state index in [4.69, 9.17) is 0 Å². The van der Waals surface area contributed by atoms with E-state index in [9.17, 15) is 4.79 Å². The van der Waals surface area contributed by atoms with Crippen molar-refractivity contribution in [2.45, 2.75) is 32.4 Å². The van der Waals surface area contributed by atoms with Crippen molar-refractivity contribution in [3.63, 3.8) is 0 Å². The molecule has 24 heavy (non-hydrogen) atoms. The molecule has 4 rings (SSSR count). The maximum Gasteiger partial charge on any atom is 0.240 e. The fourth-order valence-electron chi connectivity index (χ4n) is 3.32. The van der Waals surface area contributed by atoms with E-state index in [2.05, 4.69) is 22.4 Å². The van der Waals surface area contributed by atoms with E-state index in [0.717, 1.165) is 16.9 Å². The first-order chi connectivity index (χ1) is 11.7. The number of fused-ring (bicyclic) bond motifs is 1. The zero-order valence-electron chi connectivity index (χ0n) is 13.8. The monoisotopic (exact) mass is 319 g/mol. The lowest BCUT2D eigenvalue weighted by Crippen LogP contribution is -2.32. The highest BCUT2D eigenvalue weighted by Gasteiger charge is 2.33. The molecule has 4 nitrogen and oxygen atoms in total. The minimum absolute atomic E-state index is 0.0435. The highest BCUT2D eigenvalue weighted by atomic mass is 16.2. The van der Waals surface area contributed by atoms with Crippen LogP contribution in [0.25, 0.3) is 11.0 Å². The van der Waals surface area contributed by atoms with Gasteiger partial charge in [-0.05, 0) is 43.4 Å². The molecule has 4 heteroatoms. The van der Waals surface area contributed by atoms with Crippen LogP contribution in [0.2, 0.25) is 0 Å². The van der Waals surface area contributed by atoms with Crippen molar-refractivity contribution in [1.82, 2.24) is 14.9 Å². The minimum Gasteiger partial charge on any atom is -0.347 e. The second kappa shape index (κ2) is 6.11. The second-order valence-electron chi connectivity index (χ2n) is 6.53. The number of nitrogens with one attached hydrogen (secondary N) is 1. The van der Waals surface area contributed by atoms with E-state index in [1.807, 2.05) is 54.0 Å². The Morgan fingerprint density at radius 3 is 2.62 bits per heavy atom. The van der Waals surface area contributed by atoms with Crippen LogP contribution >= 0.6 is 0 Å². The molecule has 1 N–H and O–H groups in total. The number of aromatic nitrogens is 2. The Labute approximate surface area is 141 Å². The number of carbonyl (C=O) groups is 1.